The highest BCUT2D eigenvalue weighted by Crippen LogP contribution is 2.39. The molecule has 0 heterocycles. The molecular weight excluding hydrogens is 601 g/mol. The van der Waals surface area contributed by atoms with E-state index in [0.717, 1.165) is 41.2 Å². The van der Waals surface area contributed by atoms with Gasteiger partial charge in [0.15, 0.2) is 0 Å². The van der Waals surface area contributed by atoms with E-state index in [1.807, 2.05) is 18.2 Å². The Morgan fingerprint density at radius 2 is 1.54 bits per heavy atom. The maximum absolute atomic E-state index is 13.0. The lowest BCUT2D eigenvalue weighted by molar-refractivity contribution is 0.0949. The Morgan fingerprint density at radius 3 is 2.21 bits per heavy atom. The van der Waals surface area contributed by atoms with Crippen molar-refractivity contribution < 1.29 is 19.4 Å². The van der Waals surface area contributed by atoms with Crippen LogP contribution >= 0.6 is 22.6 Å². The third kappa shape index (κ3) is 7.59. The van der Waals surface area contributed by atoms with Gasteiger partial charge in [0.2, 0.25) is 0 Å². The van der Waals surface area contributed by atoms with Crippen molar-refractivity contribution in [2.75, 3.05) is 24.2 Å². The van der Waals surface area contributed by atoms with Crippen molar-refractivity contribution in [3.05, 3.63) is 65.2 Å². The van der Waals surface area contributed by atoms with Crippen molar-refractivity contribution in [3.63, 3.8) is 0 Å². The van der Waals surface area contributed by atoms with Crippen LogP contribution in [-0.4, -0.2) is 35.2 Å². The Morgan fingerprint density at radius 1 is 0.872 bits per heavy atom. The molecule has 0 radical (unpaired) electrons. The number of unbranched alkanes of at least 4 members (excludes halogenated alkanes) is 1. The number of carbonyl (C=O) groups is 1. The average Bonchev–Trinajstić information content (AvgIpc) is 2.94. The van der Waals surface area contributed by atoms with Gasteiger partial charge in [-0.3, -0.25) is 4.79 Å². The van der Waals surface area contributed by atoms with Crippen LogP contribution in [0, 0.1) is 0 Å². The minimum Gasteiger partial charge on any atom is -0.506 e. The van der Waals surface area contributed by atoms with E-state index in [-0.39, 0.29) is 28.1 Å². The van der Waals surface area contributed by atoms with E-state index in [9.17, 15) is 9.90 Å². The van der Waals surface area contributed by atoms with E-state index in [1.165, 1.54) is 11.1 Å². The number of halogens is 1. The highest BCUT2D eigenvalue weighted by molar-refractivity contribution is 14.1. The van der Waals surface area contributed by atoms with Gasteiger partial charge in [-0.1, -0.05) is 101 Å². The molecule has 0 fully saturated rings. The molecule has 3 aromatic carbocycles. The summed E-state index contributed by atoms with van der Waals surface area (Å²) in [5.41, 5.74) is 2.97. The Hall–Kier alpha value is -2.48. The number of amides is 1. The molecule has 0 aliphatic heterocycles. The Bertz CT molecular complexity index is 1270. The molecule has 5 nitrogen and oxygen atoms in total. The predicted molar refractivity (Wildman–Crippen MR) is 170 cm³/mol. The van der Waals surface area contributed by atoms with Crippen LogP contribution in [0.1, 0.15) is 88.7 Å². The zero-order valence-electron chi connectivity index (χ0n) is 24.3. The van der Waals surface area contributed by atoms with Gasteiger partial charge in [0, 0.05) is 27.3 Å². The molecule has 0 aromatic heterocycles. The van der Waals surface area contributed by atoms with Crippen LogP contribution in [0.15, 0.2) is 48.5 Å². The number of rotatable bonds is 14. The maximum atomic E-state index is 13.0. The fourth-order valence-electron chi connectivity index (χ4n) is 4.47. The summed E-state index contributed by atoms with van der Waals surface area (Å²) in [5, 5.41) is 15.2. The topological polar surface area (TPSA) is 67.8 Å². The number of phenols is 1. The van der Waals surface area contributed by atoms with Crippen molar-refractivity contribution in [2.24, 2.45) is 0 Å². The molecule has 0 saturated heterocycles. The van der Waals surface area contributed by atoms with Crippen molar-refractivity contribution in [2.45, 2.75) is 78.1 Å². The number of phenolic OH excluding ortho intramolecular Hbond substituents is 1. The molecule has 0 aliphatic carbocycles. The van der Waals surface area contributed by atoms with Gasteiger partial charge in [0.1, 0.15) is 17.2 Å². The van der Waals surface area contributed by atoms with Gasteiger partial charge >= 0.3 is 0 Å². The summed E-state index contributed by atoms with van der Waals surface area (Å²) in [6.45, 7) is 15.2. The lowest BCUT2D eigenvalue weighted by Crippen LogP contribution is -2.25. The zero-order valence-corrected chi connectivity index (χ0v) is 26.5. The van der Waals surface area contributed by atoms with Crippen LogP contribution in [0.25, 0.3) is 10.8 Å². The predicted octanol–water partition coefficient (Wildman–Crippen LogP) is 8.32. The fourth-order valence-corrected chi connectivity index (χ4v) is 4.69. The second-order valence-corrected chi connectivity index (χ2v) is 12.4. The highest BCUT2D eigenvalue weighted by atomic mass is 127. The molecule has 3 rings (SSSR count). The number of hydrogen-bond acceptors (Lipinski definition) is 4. The summed E-state index contributed by atoms with van der Waals surface area (Å²) in [4.78, 5) is 13.0. The van der Waals surface area contributed by atoms with Gasteiger partial charge in [-0.05, 0) is 54.2 Å². The summed E-state index contributed by atoms with van der Waals surface area (Å²) in [5.74, 6) is 1.23. The SMILES string of the molecule is CCC(C)(C)c1ccc(OCCCCNC(=O)c2cc(OCCI)c3ccccc3c2O)c(C(C)(C)CC)c1. The quantitative estimate of drug-likeness (QED) is 0.105. The van der Waals surface area contributed by atoms with Gasteiger partial charge in [-0.2, -0.15) is 0 Å². The summed E-state index contributed by atoms with van der Waals surface area (Å²) in [6, 6.07) is 15.7. The Balaban J connectivity index is 1.60. The minimum absolute atomic E-state index is 0.0181. The molecule has 0 bridgehead atoms. The lowest BCUT2D eigenvalue weighted by Gasteiger charge is -2.30. The first kappa shape index (κ1) is 31.1. The van der Waals surface area contributed by atoms with Crippen molar-refractivity contribution in [1.29, 1.82) is 0 Å². The molecule has 2 N–H and O–H groups in total. The van der Waals surface area contributed by atoms with Crippen LogP contribution < -0.4 is 14.8 Å². The number of hydrogen-bond donors (Lipinski definition) is 2. The van der Waals surface area contributed by atoms with Crippen LogP contribution in [-0.2, 0) is 10.8 Å². The molecule has 212 valence electrons. The number of aromatic hydroxyl groups is 1. The number of benzene rings is 3. The first-order valence-corrected chi connectivity index (χ1v) is 15.6. The Labute approximate surface area is 247 Å². The van der Waals surface area contributed by atoms with Crippen LogP contribution in [0.4, 0.5) is 0 Å². The minimum atomic E-state index is -0.306. The second kappa shape index (κ2) is 13.7. The molecule has 0 unspecified atom stereocenters. The molecule has 39 heavy (non-hydrogen) atoms. The average molecular weight is 646 g/mol. The Kier molecular flexibility index (Phi) is 10.9. The first-order chi connectivity index (χ1) is 18.6. The number of ether oxygens (including phenoxy) is 2. The lowest BCUT2D eigenvalue weighted by atomic mass is 9.76. The molecule has 6 heteroatoms. The summed E-state index contributed by atoms with van der Waals surface area (Å²) < 4.78 is 13.0. The zero-order chi connectivity index (χ0) is 28.6. The third-order valence-corrected chi connectivity index (χ3v) is 8.37. The van der Waals surface area contributed by atoms with Crippen molar-refractivity contribution >= 4 is 39.3 Å². The van der Waals surface area contributed by atoms with Crippen molar-refractivity contribution in [3.8, 4) is 17.2 Å². The van der Waals surface area contributed by atoms with Gasteiger partial charge in [0.25, 0.3) is 5.91 Å². The summed E-state index contributed by atoms with van der Waals surface area (Å²) in [7, 11) is 0. The molecule has 1 amide bonds. The standard InChI is InChI=1S/C33H44INO4/c1-7-32(3,4)23-15-16-28(27(21-23)33(5,6)8-2)38-19-12-11-18-35-31(37)26-22-29(39-20-17-34)24-13-9-10-14-25(24)30(26)36/h9-10,13-16,21-22,36H,7-8,11-12,17-20H2,1-6H3,(H,35,37). The van der Waals surface area contributed by atoms with Crippen LogP contribution in [0.2, 0.25) is 0 Å². The molecular formula is C33H44INO4. The highest BCUT2D eigenvalue weighted by Gasteiger charge is 2.26. The number of alkyl halides is 1. The van der Waals surface area contributed by atoms with Gasteiger partial charge < -0.3 is 19.9 Å². The largest absolute Gasteiger partial charge is 0.506 e. The molecule has 3 aromatic rings. The summed E-state index contributed by atoms with van der Waals surface area (Å²) in [6.07, 6.45) is 3.68. The van der Waals surface area contributed by atoms with E-state index in [0.29, 0.717) is 30.9 Å². The van der Waals surface area contributed by atoms with E-state index >= 15 is 0 Å². The molecule has 0 atom stereocenters. The van der Waals surface area contributed by atoms with Crippen LogP contribution in [0.3, 0.4) is 0 Å². The summed E-state index contributed by atoms with van der Waals surface area (Å²) >= 11 is 2.25. The molecule has 0 aliphatic rings. The van der Waals surface area contributed by atoms with E-state index in [4.69, 9.17) is 9.47 Å². The normalized spacial score (nSPS) is 12.0. The monoisotopic (exact) mass is 645 g/mol. The van der Waals surface area contributed by atoms with Gasteiger partial charge in [-0.25, -0.2) is 0 Å². The first-order valence-electron chi connectivity index (χ1n) is 14.0. The van der Waals surface area contributed by atoms with Crippen molar-refractivity contribution in [1.82, 2.24) is 5.32 Å². The third-order valence-electron chi connectivity index (χ3n) is 7.93. The fraction of sp³-hybridized carbons (Fsp3) is 0.485. The molecule has 0 spiro atoms. The second-order valence-electron chi connectivity index (χ2n) is 11.4. The van der Waals surface area contributed by atoms with Gasteiger partial charge in [-0.15, -0.1) is 0 Å². The van der Waals surface area contributed by atoms with E-state index < -0.39 is 0 Å². The smallest absolute Gasteiger partial charge is 0.255 e. The number of carbonyl (C=O) groups excluding carboxylic acids is 1. The van der Waals surface area contributed by atoms with Gasteiger partial charge in [0.05, 0.1) is 18.8 Å². The number of fused-ring (bicyclic) bond motifs is 1. The van der Waals surface area contributed by atoms with E-state index in [2.05, 4.69) is 87.6 Å². The maximum Gasteiger partial charge on any atom is 0.255 e. The van der Waals surface area contributed by atoms with Crippen LogP contribution in [0.5, 0.6) is 17.2 Å². The van der Waals surface area contributed by atoms with E-state index in [1.54, 1.807) is 12.1 Å². The molecule has 0 saturated carbocycles. The number of nitrogens with one attached hydrogen (secondary N) is 1.